The van der Waals surface area contributed by atoms with E-state index >= 15 is 0 Å². The van der Waals surface area contributed by atoms with Crippen LogP contribution in [0.1, 0.15) is 27.7 Å². The van der Waals surface area contributed by atoms with Crippen molar-refractivity contribution in [2.24, 2.45) is 17.3 Å². The highest BCUT2D eigenvalue weighted by Crippen LogP contribution is 2.59. The number of amides is 1. The Labute approximate surface area is 135 Å². The van der Waals surface area contributed by atoms with Gasteiger partial charge in [-0.15, -0.1) is 0 Å². The van der Waals surface area contributed by atoms with Crippen molar-refractivity contribution in [2.75, 3.05) is 11.1 Å². The molecule has 2 rings (SSSR count). The third kappa shape index (κ3) is 3.19. The van der Waals surface area contributed by atoms with Gasteiger partial charge in [-0.3, -0.25) is 4.79 Å². The first-order chi connectivity index (χ1) is 9.64. The van der Waals surface area contributed by atoms with E-state index in [0.29, 0.717) is 21.4 Å². The Kier molecular flexibility index (Phi) is 4.27. The second kappa shape index (κ2) is 5.54. The van der Waals surface area contributed by atoms with Gasteiger partial charge in [-0.2, -0.15) is 0 Å². The fourth-order valence-corrected chi connectivity index (χ4v) is 3.21. The van der Waals surface area contributed by atoms with E-state index in [1.807, 2.05) is 13.8 Å². The molecule has 114 valence electrons. The van der Waals surface area contributed by atoms with Crippen molar-refractivity contribution < 1.29 is 4.79 Å². The summed E-state index contributed by atoms with van der Waals surface area (Å²) in [5.74, 6) is 0.212. The molecule has 3 nitrogen and oxygen atoms in total. The standard InChI is InChI=1S/C16H20Cl2N2O/c1-8(2)5-10-13(16(10,3)4)15(21)20-9-6-11(17)14(19)12(18)7-9/h5-7,10,13H,19H2,1-4H3,(H,20,21). The van der Waals surface area contributed by atoms with Crippen molar-refractivity contribution in [1.82, 2.24) is 0 Å². The van der Waals surface area contributed by atoms with Crippen molar-refractivity contribution in [2.45, 2.75) is 27.7 Å². The molecular formula is C16H20Cl2N2O. The van der Waals surface area contributed by atoms with Gasteiger partial charge in [-0.1, -0.05) is 48.7 Å². The number of benzene rings is 1. The van der Waals surface area contributed by atoms with Crippen LogP contribution in [0.5, 0.6) is 0 Å². The van der Waals surface area contributed by atoms with Gasteiger partial charge in [0, 0.05) is 5.69 Å². The number of hydrogen-bond acceptors (Lipinski definition) is 2. The minimum absolute atomic E-state index is 0.0144. The zero-order valence-corrected chi connectivity index (χ0v) is 14.1. The van der Waals surface area contributed by atoms with E-state index in [0.717, 1.165) is 0 Å². The molecule has 2 unspecified atom stereocenters. The maximum Gasteiger partial charge on any atom is 0.228 e. The Morgan fingerprint density at radius 2 is 1.81 bits per heavy atom. The highest BCUT2D eigenvalue weighted by Gasteiger charge is 2.60. The van der Waals surface area contributed by atoms with Crippen LogP contribution in [0.2, 0.25) is 10.0 Å². The molecule has 5 heteroatoms. The van der Waals surface area contributed by atoms with Gasteiger partial charge < -0.3 is 11.1 Å². The molecule has 0 spiro atoms. The van der Waals surface area contributed by atoms with E-state index in [1.54, 1.807) is 12.1 Å². The van der Waals surface area contributed by atoms with E-state index in [4.69, 9.17) is 28.9 Å². The van der Waals surface area contributed by atoms with Crippen LogP contribution in [0.4, 0.5) is 11.4 Å². The first-order valence-corrected chi connectivity index (χ1v) is 7.60. The summed E-state index contributed by atoms with van der Waals surface area (Å²) in [5, 5.41) is 3.56. The number of nitrogens with one attached hydrogen (secondary N) is 1. The molecule has 0 aromatic heterocycles. The lowest BCUT2D eigenvalue weighted by molar-refractivity contribution is -0.118. The molecule has 0 saturated heterocycles. The number of allylic oxidation sites excluding steroid dienone is 2. The first kappa shape index (κ1) is 16.2. The van der Waals surface area contributed by atoms with Crippen LogP contribution in [0.3, 0.4) is 0 Å². The maximum atomic E-state index is 12.4. The molecule has 1 amide bonds. The molecule has 21 heavy (non-hydrogen) atoms. The number of carbonyl (C=O) groups excluding carboxylic acids is 1. The minimum atomic E-state index is -0.0393. The number of anilines is 2. The van der Waals surface area contributed by atoms with E-state index in [9.17, 15) is 4.79 Å². The maximum absolute atomic E-state index is 12.4. The minimum Gasteiger partial charge on any atom is -0.396 e. The van der Waals surface area contributed by atoms with Crippen LogP contribution in [-0.4, -0.2) is 5.91 Å². The molecule has 1 aliphatic carbocycles. The SMILES string of the molecule is CC(C)=CC1C(C(=O)Nc2cc(Cl)c(N)c(Cl)c2)C1(C)C. The summed E-state index contributed by atoms with van der Waals surface area (Å²) in [6, 6.07) is 3.23. The highest BCUT2D eigenvalue weighted by atomic mass is 35.5. The number of hydrogen-bond donors (Lipinski definition) is 2. The van der Waals surface area contributed by atoms with Gasteiger partial charge in [-0.25, -0.2) is 0 Å². The lowest BCUT2D eigenvalue weighted by Gasteiger charge is -2.09. The zero-order chi connectivity index (χ0) is 15.9. The second-order valence-corrected chi connectivity index (χ2v) is 7.23. The lowest BCUT2D eigenvalue weighted by Crippen LogP contribution is -2.17. The van der Waals surface area contributed by atoms with Gasteiger partial charge >= 0.3 is 0 Å². The van der Waals surface area contributed by atoms with Crippen LogP contribution in [0.15, 0.2) is 23.8 Å². The van der Waals surface area contributed by atoms with E-state index in [-0.39, 0.29) is 23.2 Å². The zero-order valence-electron chi connectivity index (χ0n) is 12.6. The largest absolute Gasteiger partial charge is 0.396 e. The van der Waals surface area contributed by atoms with Crippen molar-refractivity contribution in [1.29, 1.82) is 0 Å². The number of halogens is 2. The van der Waals surface area contributed by atoms with Gasteiger partial charge in [0.2, 0.25) is 5.91 Å². The molecule has 0 heterocycles. The number of rotatable bonds is 3. The highest BCUT2D eigenvalue weighted by molar-refractivity contribution is 6.39. The average Bonchev–Trinajstić information content (AvgIpc) is 2.86. The Hall–Kier alpha value is -1.19. The van der Waals surface area contributed by atoms with Gasteiger partial charge in [0.25, 0.3) is 0 Å². The lowest BCUT2D eigenvalue weighted by atomic mass is 10.1. The van der Waals surface area contributed by atoms with Crippen molar-refractivity contribution in [3.63, 3.8) is 0 Å². The molecule has 0 radical (unpaired) electrons. The van der Waals surface area contributed by atoms with Crippen LogP contribution in [-0.2, 0) is 4.79 Å². The molecule has 0 bridgehead atoms. The third-order valence-corrected chi connectivity index (χ3v) is 4.68. The number of carbonyl (C=O) groups is 1. The number of nitrogens with two attached hydrogens (primary N) is 1. The molecule has 1 aromatic carbocycles. The van der Waals surface area contributed by atoms with E-state index in [2.05, 4.69) is 25.2 Å². The van der Waals surface area contributed by atoms with Crippen LogP contribution < -0.4 is 11.1 Å². The predicted octanol–water partition coefficient (Wildman–Crippen LogP) is 4.75. The summed E-state index contributed by atoms with van der Waals surface area (Å²) in [5.41, 5.74) is 7.78. The summed E-state index contributed by atoms with van der Waals surface area (Å²) < 4.78 is 0. The summed E-state index contributed by atoms with van der Waals surface area (Å²) in [4.78, 5) is 12.4. The summed E-state index contributed by atoms with van der Waals surface area (Å²) in [6.07, 6.45) is 2.16. The Morgan fingerprint density at radius 1 is 1.29 bits per heavy atom. The van der Waals surface area contributed by atoms with Crippen molar-refractivity contribution >= 4 is 40.5 Å². The van der Waals surface area contributed by atoms with Crippen molar-refractivity contribution in [3.05, 3.63) is 33.8 Å². The monoisotopic (exact) mass is 326 g/mol. The van der Waals surface area contributed by atoms with Gasteiger partial charge in [0.15, 0.2) is 0 Å². The molecule has 1 fully saturated rings. The van der Waals surface area contributed by atoms with Crippen LogP contribution in [0.25, 0.3) is 0 Å². The smallest absolute Gasteiger partial charge is 0.228 e. The van der Waals surface area contributed by atoms with Gasteiger partial charge in [-0.05, 0) is 37.3 Å². The van der Waals surface area contributed by atoms with Crippen molar-refractivity contribution in [3.8, 4) is 0 Å². The molecule has 1 aromatic rings. The normalized spacial score (nSPS) is 22.6. The fraction of sp³-hybridized carbons (Fsp3) is 0.438. The quantitative estimate of drug-likeness (QED) is 0.621. The fourth-order valence-electron chi connectivity index (χ4n) is 2.73. The first-order valence-electron chi connectivity index (χ1n) is 6.85. The molecule has 1 aliphatic rings. The number of nitrogen functional groups attached to an aromatic ring is 1. The Balaban J connectivity index is 2.15. The molecule has 3 N–H and O–H groups in total. The third-order valence-electron chi connectivity index (χ3n) is 4.05. The summed E-state index contributed by atoms with van der Waals surface area (Å²) in [6.45, 7) is 8.29. The van der Waals surface area contributed by atoms with E-state index < -0.39 is 0 Å². The molecule has 0 aliphatic heterocycles. The summed E-state index contributed by atoms with van der Waals surface area (Å²) >= 11 is 12.0. The molecule has 1 saturated carbocycles. The predicted molar refractivity (Wildman–Crippen MR) is 89.7 cm³/mol. The van der Waals surface area contributed by atoms with Gasteiger partial charge in [0.1, 0.15) is 0 Å². The van der Waals surface area contributed by atoms with Crippen LogP contribution in [0, 0.1) is 17.3 Å². The summed E-state index contributed by atoms with van der Waals surface area (Å²) in [7, 11) is 0. The second-order valence-electron chi connectivity index (χ2n) is 6.41. The van der Waals surface area contributed by atoms with Crippen LogP contribution >= 0.6 is 23.2 Å². The topological polar surface area (TPSA) is 55.1 Å². The molecule has 2 atom stereocenters. The van der Waals surface area contributed by atoms with Gasteiger partial charge in [0.05, 0.1) is 21.7 Å². The Bertz CT molecular complexity index is 596. The average molecular weight is 327 g/mol. The molecular weight excluding hydrogens is 307 g/mol. The van der Waals surface area contributed by atoms with E-state index in [1.165, 1.54) is 5.57 Å². The Morgan fingerprint density at radius 3 is 2.29 bits per heavy atom.